The van der Waals surface area contributed by atoms with Gasteiger partial charge in [-0.25, -0.2) is 4.98 Å². The second-order valence-electron chi connectivity index (χ2n) is 5.30. The number of benzene rings is 1. The average molecular weight is 344 g/mol. The van der Waals surface area contributed by atoms with Crippen molar-refractivity contribution in [2.75, 3.05) is 20.4 Å². The molecule has 1 heterocycles. The van der Waals surface area contributed by atoms with Gasteiger partial charge in [-0.3, -0.25) is 4.99 Å². The highest BCUT2D eigenvalue weighted by Gasteiger charge is 2.04. The Morgan fingerprint density at radius 1 is 1.21 bits per heavy atom. The van der Waals surface area contributed by atoms with Gasteiger partial charge in [-0.05, 0) is 35.9 Å². The molecular formula is C18H24N4OS. The molecule has 0 saturated carbocycles. The molecule has 0 aliphatic carbocycles. The first-order chi connectivity index (χ1) is 11.7. The number of hydrogen-bond donors (Lipinski definition) is 2. The van der Waals surface area contributed by atoms with Crippen molar-refractivity contribution in [3.05, 3.63) is 53.2 Å². The number of ether oxygens (including phenoxy) is 1. The maximum atomic E-state index is 5.06. The van der Waals surface area contributed by atoms with E-state index in [1.807, 2.05) is 12.1 Å². The molecule has 24 heavy (non-hydrogen) atoms. The standard InChI is InChI=1S/C18H24N4OS/c1-13-5-7-15(16(9-13)24-4)12-22-18(19-2)21-11-14-6-8-17(23-3)20-10-14/h5-10H,11-12H2,1-4H3,(H2,19,21,22). The Morgan fingerprint density at radius 3 is 2.62 bits per heavy atom. The van der Waals surface area contributed by atoms with Gasteiger partial charge in [0.1, 0.15) is 0 Å². The Balaban J connectivity index is 1.90. The molecule has 6 heteroatoms. The quantitative estimate of drug-likeness (QED) is 0.479. The Morgan fingerprint density at radius 2 is 2.00 bits per heavy atom. The first-order valence-corrected chi connectivity index (χ1v) is 8.95. The fourth-order valence-electron chi connectivity index (χ4n) is 2.22. The molecular weight excluding hydrogens is 320 g/mol. The van der Waals surface area contributed by atoms with Crippen LogP contribution in [0.5, 0.6) is 5.88 Å². The molecule has 0 amide bonds. The van der Waals surface area contributed by atoms with E-state index in [0.29, 0.717) is 12.4 Å². The highest BCUT2D eigenvalue weighted by atomic mass is 32.2. The van der Waals surface area contributed by atoms with Crippen LogP contribution in [-0.4, -0.2) is 31.4 Å². The van der Waals surface area contributed by atoms with E-state index in [1.165, 1.54) is 16.0 Å². The summed E-state index contributed by atoms with van der Waals surface area (Å²) in [6.07, 6.45) is 3.90. The fourth-order valence-corrected chi connectivity index (χ4v) is 2.93. The number of thioether (sulfide) groups is 1. The minimum Gasteiger partial charge on any atom is -0.481 e. The number of rotatable bonds is 6. The Hall–Kier alpha value is -2.21. The van der Waals surface area contributed by atoms with Crippen LogP contribution < -0.4 is 15.4 Å². The Bertz CT molecular complexity index is 686. The van der Waals surface area contributed by atoms with Crippen molar-refractivity contribution in [1.29, 1.82) is 0 Å². The normalized spacial score (nSPS) is 11.2. The van der Waals surface area contributed by atoms with Crippen molar-refractivity contribution < 1.29 is 4.74 Å². The lowest BCUT2D eigenvalue weighted by Crippen LogP contribution is -2.36. The molecule has 0 spiro atoms. The molecule has 2 rings (SSSR count). The van der Waals surface area contributed by atoms with Crippen LogP contribution in [0.15, 0.2) is 46.4 Å². The number of aromatic nitrogens is 1. The summed E-state index contributed by atoms with van der Waals surface area (Å²) >= 11 is 1.76. The van der Waals surface area contributed by atoms with E-state index in [2.05, 4.69) is 52.0 Å². The summed E-state index contributed by atoms with van der Waals surface area (Å²) in [6, 6.07) is 10.3. The topological polar surface area (TPSA) is 58.5 Å². The Kier molecular flexibility index (Phi) is 6.93. The van der Waals surface area contributed by atoms with Crippen LogP contribution in [-0.2, 0) is 13.1 Å². The molecule has 5 nitrogen and oxygen atoms in total. The third kappa shape index (κ3) is 5.16. The molecule has 0 aliphatic rings. The SMILES string of the molecule is CN=C(NCc1ccc(OC)nc1)NCc1ccc(C)cc1SC. The molecule has 1 aromatic heterocycles. The van der Waals surface area contributed by atoms with Crippen LogP contribution in [0.2, 0.25) is 0 Å². The number of nitrogens with zero attached hydrogens (tertiary/aromatic N) is 2. The third-order valence-electron chi connectivity index (χ3n) is 3.58. The summed E-state index contributed by atoms with van der Waals surface area (Å²) in [4.78, 5) is 9.76. The van der Waals surface area contributed by atoms with E-state index in [4.69, 9.17) is 4.74 Å². The minimum absolute atomic E-state index is 0.616. The summed E-state index contributed by atoms with van der Waals surface area (Å²) in [5.41, 5.74) is 3.61. The van der Waals surface area contributed by atoms with Crippen molar-refractivity contribution >= 4 is 17.7 Å². The number of aryl methyl sites for hydroxylation is 1. The lowest BCUT2D eigenvalue weighted by atomic mass is 10.1. The van der Waals surface area contributed by atoms with Crippen molar-refractivity contribution in [2.24, 2.45) is 4.99 Å². The van der Waals surface area contributed by atoms with E-state index in [0.717, 1.165) is 18.1 Å². The molecule has 0 radical (unpaired) electrons. The predicted molar refractivity (Wildman–Crippen MR) is 101 cm³/mol. The maximum Gasteiger partial charge on any atom is 0.212 e. The highest BCUT2D eigenvalue weighted by molar-refractivity contribution is 7.98. The van der Waals surface area contributed by atoms with Gasteiger partial charge in [-0.2, -0.15) is 0 Å². The van der Waals surface area contributed by atoms with E-state index < -0.39 is 0 Å². The molecule has 0 unspecified atom stereocenters. The number of methoxy groups -OCH3 is 1. The molecule has 0 aliphatic heterocycles. The third-order valence-corrected chi connectivity index (χ3v) is 4.40. The van der Waals surface area contributed by atoms with Crippen molar-refractivity contribution in [1.82, 2.24) is 15.6 Å². The monoisotopic (exact) mass is 344 g/mol. The summed E-state index contributed by atoms with van der Waals surface area (Å²) in [6.45, 7) is 3.50. The zero-order chi connectivity index (χ0) is 17.4. The van der Waals surface area contributed by atoms with Crippen LogP contribution in [0.4, 0.5) is 0 Å². The van der Waals surface area contributed by atoms with Crippen molar-refractivity contribution in [3.8, 4) is 5.88 Å². The van der Waals surface area contributed by atoms with Gasteiger partial charge in [0.05, 0.1) is 7.11 Å². The van der Waals surface area contributed by atoms with Crippen LogP contribution in [0.3, 0.4) is 0 Å². The number of nitrogens with one attached hydrogen (secondary N) is 2. The molecule has 128 valence electrons. The Labute approximate surface area is 147 Å². The fraction of sp³-hybridized carbons (Fsp3) is 0.333. The van der Waals surface area contributed by atoms with Crippen molar-refractivity contribution in [3.63, 3.8) is 0 Å². The minimum atomic E-state index is 0.616. The zero-order valence-electron chi connectivity index (χ0n) is 14.6. The van der Waals surface area contributed by atoms with E-state index in [9.17, 15) is 0 Å². The maximum absolute atomic E-state index is 5.06. The van der Waals surface area contributed by atoms with E-state index in [1.54, 1.807) is 32.1 Å². The first-order valence-electron chi connectivity index (χ1n) is 7.73. The second kappa shape index (κ2) is 9.17. The number of hydrogen-bond acceptors (Lipinski definition) is 4. The van der Waals surface area contributed by atoms with Crippen LogP contribution in [0.25, 0.3) is 0 Å². The molecule has 0 fully saturated rings. The van der Waals surface area contributed by atoms with Crippen molar-refractivity contribution in [2.45, 2.75) is 24.9 Å². The van der Waals surface area contributed by atoms with Gasteiger partial charge in [0.2, 0.25) is 5.88 Å². The number of pyridine rings is 1. The van der Waals surface area contributed by atoms with Crippen LogP contribution in [0.1, 0.15) is 16.7 Å². The molecule has 1 aromatic carbocycles. The summed E-state index contributed by atoms with van der Waals surface area (Å²) < 4.78 is 5.06. The smallest absolute Gasteiger partial charge is 0.212 e. The van der Waals surface area contributed by atoms with Crippen LogP contribution in [0, 0.1) is 6.92 Å². The molecule has 0 atom stereocenters. The zero-order valence-corrected chi connectivity index (χ0v) is 15.4. The summed E-state index contributed by atoms with van der Waals surface area (Å²) in [7, 11) is 3.38. The van der Waals surface area contributed by atoms with Gasteiger partial charge in [0.25, 0.3) is 0 Å². The van der Waals surface area contributed by atoms with E-state index in [-0.39, 0.29) is 0 Å². The second-order valence-corrected chi connectivity index (χ2v) is 6.15. The van der Waals surface area contributed by atoms with Gasteiger partial charge >= 0.3 is 0 Å². The number of guanidine groups is 1. The molecule has 2 N–H and O–H groups in total. The summed E-state index contributed by atoms with van der Waals surface area (Å²) in [5, 5.41) is 6.65. The lowest BCUT2D eigenvalue weighted by molar-refractivity contribution is 0.397. The van der Waals surface area contributed by atoms with Gasteiger partial charge in [0.15, 0.2) is 5.96 Å². The summed E-state index contributed by atoms with van der Waals surface area (Å²) in [5.74, 6) is 1.38. The molecule has 0 bridgehead atoms. The van der Waals surface area contributed by atoms with Gasteiger partial charge in [-0.1, -0.05) is 18.2 Å². The molecule has 0 saturated heterocycles. The number of aliphatic imine (C=N–C) groups is 1. The van der Waals surface area contributed by atoms with Gasteiger partial charge in [-0.15, -0.1) is 11.8 Å². The predicted octanol–water partition coefficient (Wildman–Crippen LogP) is 2.99. The van der Waals surface area contributed by atoms with E-state index >= 15 is 0 Å². The van der Waals surface area contributed by atoms with Gasteiger partial charge in [0, 0.05) is 37.3 Å². The average Bonchev–Trinajstić information content (AvgIpc) is 2.63. The lowest BCUT2D eigenvalue weighted by Gasteiger charge is -2.14. The molecule has 2 aromatic rings. The van der Waals surface area contributed by atoms with Gasteiger partial charge < -0.3 is 15.4 Å². The first kappa shape index (κ1) is 18.1. The van der Waals surface area contributed by atoms with Crippen LogP contribution >= 0.6 is 11.8 Å². The highest BCUT2D eigenvalue weighted by Crippen LogP contribution is 2.21. The largest absolute Gasteiger partial charge is 0.481 e.